The van der Waals surface area contributed by atoms with Crippen molar-refractivity contribution in [2.75, 3.05) is 11.1 Å². The number of carbonyl (C=O) groups excluding carboxylic acids is 3. The van der Waals surface area contributed by atoms with Gasteiger partial charge in [-0.2, -0.15) is 0 Å². The van der Waals surface area contributed by atoms with Gasteiger partial charge in [-0.1, -0.05) is 45.7 Å². The van der Waals surface area contributed by atoms with Crippen molar-refractivity contribution in [3.05, 3.63) is 58.7 Å². The molecule has 46 heavy (non-hydrogen) atoms. The molecular weight excluding hydrogens is 580 g/mol. The van der Waals surface area contributed by atoms with E-state index < -0.39 is 35.2 Å². The standard InChI is InChI=1S/C37H48N4O5/c1-35-16-5-17-37(3,30(35)14-10-22-7-11-23(38)18-28(22)35)34(46)41-33(45)36(2)15-4-6-25-26-19-24(12-8-21(26)9-13-27(25)36)40-32(44)29(39)20-31(42)43/h7-8,11-12,18-19,25,27,29-30H,4-6,9-10,13-17,20,38-39H2,1-3H3,(H,40,44)(H,42,43)(H,41,45,46)/t25-,27-,29+,30-,35-,36+,37+/m1/s1. The first-order valence-electron chi connectivity index (χ1n) is 16.9. The van der Waals surface area contributed by atoms with Crippen LogP contribution in [0.15, 0.2) is 36.4 Å². The summed E-state index contributed by atoms with van der Waals surface area (Å²) in [5.74, 6) is -1.72. The Hall–Kier alpha value is -3.72. The minimum absolute atomic E-state index is 0.0516. The van der Waals surface area contributed by atoms with Crippen molar-refractivity contribution in [2.24, 2.45) is 28.4 Å². The Balaban J connectivity index is 1.21. The lowest BCUT2D eigenvalue weighted by Crippen LogP contribution is -2.58. The normalized spacial score (nSPS) is 32.0. The lowest BCUT2D eigenvalue weighted by atomic mass is 9.49. The van der Waals surface area contributed by atoms with Crippen molar-refractivity contribution in [2.45, 2.75) is 109 Å². The van der Waals surface area contributed by atoms with Crippen LogP contribution in [0, 0.1) is 22.7 Å². The first-order chi connectivity index (χ1) is 21.8. The van der Waals surface area contributed by atoms with Gasteiger partial charge in [0.15, 0.2) is 0 Å². The number of aryl methyl sites for hydroxylation is 2. The molecule has 4 aliphatic carbocycles. The maximum Gasteiger partial charge on any atom is 0.305 e. The summed E-state index contributed by atoms with van der Waals surface area (Å²) in [7, 11) is 0. The Morgan fingerprint density at radius 1 is 0.891 bits per heavy atom. The highest BCUT2D eigenvalue weighted by Gasteiger charge is 2.56. The van der Waals surface area contributed by atoms with E-state index in [1.807, 2.05) is 31.2 Å². The number of imide groups is 1. The maximum atomic E-state index is 14.3. The van der Waals surface area contributed by atoms with Crippen LogP contribution in [0.5, 0.6) is 0 Å². The van der Waals surface area contributed by atoms with Gasteiger partial charge in [0.1, 0.15) is 0 Å². The highest BCUT2D eigenvalue weighted by Crippen LogP contribution is 2.58. The second-order valence-corrected chi connectivity index (χ2v) is 15.1. The quantitative estimate of drug-likeness (QED) is 0.217. The molecule has 0 heterocycles. The van der Waals surface area contributed by atoms with Gasteiger partial charge in [0.25, 0.3) is 0 Å². The Morgan fingerprint density at radius 2 is 1.59 bits per heavy atom. The molecule has 2 saturated carbocycles. The molecule has 246 valence electrons. The van der Waals surface area contributed by atoms with Gasteiger partial charge >= 0.3 is 5.97 Å². The van der Waals surface area contributed by atoms with Gasteiger partial charge in [-0.05, 0) is 121 Å². The molecule has 7 atom stereocenters. The van der Waals surface area contributed by atoms with E-state index in [2.05, 4.69) is 36.6 Å². The number of nitrogen functional groups attached to an aromatic ring is 1. The summed E-state index contributed by atoms with van der Waals surface area (Å²) in [6.45, 7) is 6.38. The van der Waals surface area contributed by atoms with E-state index >= 15 is 0 Å². The summed E-state index contributed by atoms with van der Waals surface area (Å²) in [6.07, 6.45) is 8.18. The van der Waals surface area contributed by atoms with Crippen LogP contribution < -0.4 is 22.1 Å². The number of carboxylic acids is 1. The van der Waals surface area contributed by atoms with E-state index in [-0.39, 0.29) is 35.0 Å². The van der Waals surface area contributed by atoms with Crippen LogP contribution in [0.3, 0.4) is 0 Å². The number of aliphatic carboxylic acids is 1. The largest absolute Gasteiger partial charge is 0.481 e. The molecule has 6 rings (SSSR count). The number of carbonyl (C=O) groups is 4. The lowest BCUT2D eigenvalue weighted by Gasteiger charge is -2.55. The van der Waals surface area contributed by atoms with Gasteiger partial charge in [-0.15, -0.1) is 0 Å². The van der Waals surface area contributed by atoms with Gasteiger partial charge in [0.2, 0.25) is 17.7 Å². The fraction of sp³-hybridized carbons (Fsp3) is 0.568. The van der Waals surface area contributed by atoms with Crippen molar-refractivity contribution in [3.8, 4) is 0 Å². The summed E-state index contributed by atoms with van der Waals surface area (Å²) in [5.41, 5.74) is 16.7. The number of benzene rings is 2. The van der Waals surface area contributed by atoms with Crippen LogP contribution in [0.1, 0.15) is 107 Å². The van der Waals surface area contributed by atoms with Gasteiger partial charge < -0.3 is 21.9 Å². The maximum absolute atomic E-state index is 14.3. The van der Waals surface area contributed by atoms with Gasteiger partial charge in [0, 0.05) is 11.4 Å². The fourth-order valence-corrected chi connectivity index (χ4v) is 9.90. The molecule has 3 amide bonds. The van der Waals surface area contributed by atoms with E-state index in [1.54, 1.807) is 0 Å². The number of hydrogen-bond acceptors (Lipinski definition) is 6. The number of nitrogens with one attached hydrogen (secondary N) is 2. The Morgan fingerprint density at radius 3 is 2.35 bits per heavy atom. The number of nitrogens with two attached hydrogens (primary N) is 2. The molecule has 2 fully saturated rings. The van der Waals surface area contributed by atoms with Crippen LogP contribution in [0.4, 0.5) is 11.4 Å². The lowest BCUT2D eigenvalue weighted by molar-refractivity contribution is -0.149. The van der Waals surface area contributed by atoms with Crippen LogP contribution in [0.25, 0.3) is 0 Å². The summed E-state index contributed by atoms with van der Waals surface area (Å²) in [6, 6.07) is 10.9. The molecule has 2 aromatic rings. The molecule has 0 radical (unpaired) electrons. The number of rotatable bonds is 6. The highest BCUT2D eigenvalue weighted by atomic mass is 16.4. The average molecular weight is 629 g/mol. The minimum atomic E-state index is -1.15. The third-order valence-electron chi connectivity index (χ3n) is 12.4. The third-order valence-corrected chi connectivity index (χ3v) is 12.4. The minimum Gasteiger partial charge on any atom is -0.481 e. The van der Waals surface area contributed by atoms with Crippen LogP contribution >= 0.6 is 0 Å². The highest BCUT2D eigenvalue weighted by molar-refractivity contribution is 6.01. The van der Waals surface area contributed by atoms with Crippen LogP contribution in [-0.2, 0) is 37.4 Å². The van der Waals surface area contributed by atoms with Crippen molar-refractivity contribution < 1.29 is 24.3 Å². The number of amides is 3. The summed E-state index contributed by atoms with van der Waals surface area (Å²) in [4.78, 5) is 52.1. The van der Waals surface area contributed by atoms with Crippen molar-refractivity contribution in [1.29, 1.82) is 0 Å². The molecule has 0 aromatic heterocycles. The molecule has 4 aliphatic rings. The fourth-order valence-electron chi connectivity index (χ4n) is 9.90. The van der Waals surface area contributed by atoms with Gasteiger partial charge in [-0.3, -0.25) is 24.5 Å². The van der Waals surface area contributed by atoms with Crippen molar-refractivity contribution in [3.63, 3.8) is 0 Å². The predicted octanol–water partition coefficient (Wildman–Crippen LogP) is 5.20. The summed E-state index contributed by atoms with van der Waals surface area (Å²) < 4.78 is 0. The summed E-state index contributed by atoms with van der Waals surface area (Å²) >= 11 is 0. The number of anilines is 2. The van der Waals surface area contributed by atoms with E-state index in [4.69, 9.17) is 16.6 Å². The van der Waals surface area contributed by atoms with Gasteiger partial charge in [-0.25, -0.2) is 0 Å². The Kier molecular flexibility index (Phi) is 8.28. The zero-order valence-corrected chi connectivity index (χ0v) is 27.3. The smallest absolute Gasteiger partial charge is 0.305 e. The molecule has 9 nitrogen and oxygen atoms in total. The van der Waals surface area contributed by atoms with E-state index in [0.29, 0.717) is 12.1 Å². The van der Waals surface area contributed by atoms with E-state index in [0.717, 1.165) is 69.0 Å². The van der Waals surface area contributed by atoms with Crippen molar-refractivity contribution >= 4 is 35.1 Å². The number of hydrogen-bond donors (Lipinski definition) is 5. The monoisotopic (exact) mass is 628 g/mol. The number of fused-ring (bicyclic) bond motifs is 6. The molecule has 7 N–H and O–H groups in total. The third kappa shape index (κ3) is 5.40. The zero-order chi connectivity index (χ0) is 33.0. The molecule has 2 aromatic carbocycles. The van der Waals surface area contributed by atoms with Crippen LogP contribution in [-0.4, -0.2) is 34.8 Å². The van der Waals surface area contributed by atoms with Crippen molar-refractivity contribution in [1.82, 2.24) is 5.32 Å². The SMILES string of the molecule is C[C@]1(C(=O)NC(=O)[C@@]2(C)CCC[C@]3(C)c4cc(N)ccc4CC[C@@H]23)CCC[C@@H]2c3cc(NC(=O)[C@@H](N)CC(=O)O)ccc3CC[C@H]21. The number of carboxylic acid groups (broad SMARTS) is 1. The molecule has 0 unspecified atom stereocenters. The molecule has 9 heteroatoms. The second kappa shape index (κ2) is 11.8. The second-order valence-electron chi connectivity index (χ2n) is 15.1. The van der Waals surface area contributed by atoms with Crippen LogP contribution in [0.2, 0.25) is 0 Å². The van der Waals surface area contributed by atoms with E-state index in [1.165, 1.54) is 16.7 Å². The summed E-state index contributed by atoms with van der Waals surface area (Å²) in [5, 5.41) is 14.8. The Bertz CT molecular complexity index is 1590. The van der Waals surface area contributed by atoms with E-state index in [9.17, 15) is 19.2 Å². The first kappa shape index (κ1) is 32.2. The molecule has 0 aliphatic heterocycles. The molecule has 0 spiro atoms. The Labute approximate surface area is 271 Å². The first-order valence-corrected chi connectivity index (χ1v) is 16.9. The molecule has 0 bridgehead atoms. The van der Waals surface area contributed by atoms with Gasteiger partial charge in [0.05, 0.1) is 23.3 Å². The topological polar surface area (TPSA) is 165 Å². The average Bonchev–Trinajstić information content (AvgIpc) is 3.01. The zero-order valence-electron chi connectivity index (χ0n) is 27.3. The molecular formula is C37H48N4O5. The predicted molar refractivity (Wildman–Crippen MR) is 177 cm³/mol. The molecule has 0 saturated heterocycles.